The number of hydrogen-bond acceptors (Lipinski definition) is 7. The molecule has 1 N–H and O–H groups in total. The molecule has 2 amide bonds. The predicted molar refractivity (Wildman–Crippen MR) is 108 cm³/mol. The summed E-state index contributed by atoms with van der Waals surface area (Å²) in [6, 6.07) is 1.15. The van der Waals surface area contributed by atoms with Crippen LogP contribution in [0.1, 0.15) is 45.8 Å². The van der Waals surface area contributed by atoms with Crippen molar-refractivity contribution in [2.75, 3.05) is 43.0 Å². The Morgan fingerprint density at radius 3 is 2.52 bits per heavy atom. The molecule has 2 aliphatic heterocycles. The van der Waals surface area contributed by atoms with Crippen LogP contribution >= 0.6 is 0 Å². The number of hydrogen-bond donors (Lipinski definition) is 1. The molecule has 162 valence electrons. The fourth-order valence-electron chi connectivity index (χ4n) is 3.59. The molecule has 3 heterocycles. The lowest BCUT2D eigenvalue weighted by atomic mass is 9.93. The van der Waals surface area contributed by atoms with Crippen LogP contribution in [-0.4, -0.2) is 78.9 Å². The van der Waals surface area contributed by atoms with E-state index < -0.39 is 15.9 Å². The highest BCUT2D eigenvalue weighted by molar-refractivity contribution is 7.91. The summed E-state index contributed by atoms with van der Waals surface area (Å²) in [6.07, 6.45) is 2.31. The third-order valence-corrected chi connectivity index (χ3v) is 7.03. The standard InChI is InChI=1S/C19H30N4O5S/c1-19(2,3)15-12-16(21-28-15)20-18(25)14-6-4-5-7-23(14)17(24)13-22-8-10-29(26,27)11-9-22/h12,14H,4-11,13H2,1-3H3,(H,20,21,25). The lowest BCUT2D eigenvalue weighted by Gasteiger charge is -2.36. The average molecular weight is 427 g/mol. The minimum absolute atomic E-state index is 0.0759. The van der Waals surface area contributed by atoms with Gasteiger partial charge in [-0.05, 0) is 19.3 Å². The second-order valence-electron chi connectivity index (χ2n) is 8.84. The van der Waals surface area contributed by atoms with Crippen LogP contribution in [0.25, 0.3) is 0 Å². The molecule has 1 aromatic heterocycles. The van der Waals surface area contributed by atoms with Crippen molar-refractivity contribution in [3.63, 3.8) is 0 Å². The van der Waals surface area contributed by atoms with E-state index in [1.54, 1.807) is 11.0 Å². The number of anilines is 1. The zero-order chi connectivity index (χ0) is 21.2. The first-order valence-electron chi connectivity index (χ1n) is 10.1. The summed E-state index contributed by atoms with van der Waals surface area (Å²) >= 11 is 0. The Balaban J connectivity index is 1.62. The summed E-state index contributed by atoms with van der Waals surface area (Å²) in [4.78, 5) is 29.2. The van der Waals surface area contributed by atoms with Gasteiger partial charge in [0.2, 0.25) is 11.8 Å². The van der Waals surface area contributed by atoms with E-state index in [1.165, 1.54) is 0 Å². The molecule has 1 unspecified atom stereocenters. The van der Waals surface area contributed by atoms with Crippen LogP contribution in [-0.2, 0) is 24.8 Å². The number of aromatic nitrogens is 1. The summed E-state index contributed by atoms with van der Waals surface area (Å²) in [7, 11) is -2.99. The van der Waals surface area contributed by atoms with Crippen LogP contribution in [0.15, 0.2) is 10.6 Å². The van der Waals surface area contributed by atoms with Crippen molar-refractivity contribution in [2.45, 2.75) is 51.5 Å². The van der Waals surface area contributed by atoms with E-state index in [0.29, 0.717) is 37.6 Å². The predicted octanol–water partition coefficient (Wildman–Crippen LogP) is 1.02. The van der Waals surface area contributed by atoms with Crippen LogP contribution in [0.3, 0.4) is 0 Å². The van der Waals surface area contributed by atoms with E-state index in [2.05, 4.69) is 10.5 Å². The SMILES string of the molecule is CC(C)(C)c1cc(NC(=O)C2CCCCN2C(=O)CN2CCS(=O)(=O)CC2)no1. The molecule has 2 aliphatic rings. The van der Waals surface area contributed by atoms with Gasteiger partial charge in [-0.2, -0.15) is 0 Å². The molecule has 1 atom stereocenters. The molecule has 0 saturated carbocycles. The van der Waals surface area contributed by atoms with Crippen molar-refractivity contribution in [3.05, 3.63) is 11.8 Å². The molecule has 0 aromatic carbocycles. The average Bonchev–Trinajstić information content (AvgIpc) is 3.12. The van der Waals surface area contributed by atoms with Crippen LogP contribution in [0, 0.1) is 0 Å². The van der Waals surface area contributed by atoms with E-state index in [0.717, 1.165) is 12.8 Å². The van der Waals surface area contributed by atoms with E-state index in [9.17, 15) is 18.0 Å². The van der Waals surface area contributed by atoms with Crippen LogP contribution < -0.4 is 5.32 Å². The highest BCUT2D eigenvalue weighted by atomic mass is 32.2. The number of carbonyl (C=O) groups excluding carboxylic acids is 2. The van der Waals surface area contributed by atoms with Crippen molar-refractivity contribution >= 4 is 27.5 Å². The maximum atomic E-state index is 12.9. The molecular formula is C19H30N4O5S. The van der Waals surface area contributed by atoms with Crippen molar-refractivity contribution in [1.82, 2.24) is 15.0 Å². The van der Waals surface area contributed by atoms with Crippen molar-refractivity contribution in [2.24, 2.45) is 0 Å². The minimum atomic E-state index is -2.99. The van der Waals surface area contributed by atoms with Gasteiger partial charge in [0.25, 0.3) is 0 Å². The van der Waals surface area contributed by atoms with Crippen LogP contribution in [0.5, 0.6) is 0 Å². The first-order chi connectivity index (χ1) is 13.5. The third kappa shape index (κ3) is 5.57. The number of amides is 2. The first kappa shape index (κ1) is 21.8. The van der Waals surface area contributed by atoms with Crippen LogP contribution in [0.4, 0.5) is 5.82 Å². The van der Waals surface area contributed by atoms with E-state index in [4.69, 9.17) is 4.52 Å². The Labute approximate surface area is 171 Å². The number of nitrogens with zero attached hydrogens (tertiary/aromatic N) is 3. The summed E-state index contributed by atoms with van der Waals surface area (Å²) in [5, 5.41) is 6.69. The maximum absolute atomic E-state index is 12.9. The number of likely N-dealkylation sites (tertiary alicyclic amines) is 1. The number of rotatable bonds is 4. The summed E-state index contributed by atoms with van der Waals surface area (Å²) < 4.78 is 28.5. The first-order valence-corrected chi connectivity index (χ1v) is 11.9. The summed E-state index contributed by atoms with van der Waals surface area (Å²) in [5.41, 5.74) is -0.218. The molecular weight excluding hydrogens is 396 g/mol. The number of nitrogens with one attached hydrogen (secondary N) is 1. The highest BCUT2D eigenvalue weighted by Gasteiger charge is 2.34. The fraction of sp³-hybridized carbons (Fsp3) is 0.737. The highest BCUT2D eigenvalue weighted by Crippen LogP contribution is 2.25. The van der Waals surface area contributed by atoms with Crippen molar-refractivity contribution < 1.29 is 22.5 Å². The third-order valence-electron chi connectivity index (χ3n) is 5.42. The monoisotopic (exact) mass is 426 g/mol. The Morgan fingerprint density at radius 2 is 1.90 bits per heavy atom. The molecule has 2 fully saturated rings. The van der Waals surface area contributed by atoms with E-state index in [1.807, 2.05) is 25.7 Å². The number of piperidine rings is 1. The molecule has 0 spiro atoms. The molecule has 10 heteroatoms. The normalized spacial score (nSPS) is 23.0. The Kier molecular flexibility index (Phi) is 6.33. The van der Waals surface area contributed by atoms with Gasteiger partial charge in [-0.15, -0.1) is 0 Å². The smallest absolute Gasteiger partial charge is 0.248 e. The quantitative estimate of drug-likeness (QED) is 0.765. The second-order valence-corrected chi connectivity index (χ2v) is 11.1. The maximum Gasteiger partial charge on any atom is 0.248 e. The number of sulfone groups is 1. The Bertz CT molecular complexity index is 844. The van der Waals surface area contributed by atoms with Gasteiger partial charge in [-0.25, -0.2) is 8.42 Å². The largest absolute Gasteiger partial charge is 0.359 e. The molecule has 2 saturated heterocycles. The molecule has 9 nitrogen and oxygen atoms in total. The zero-order valence-corrected chi connectivity index (χ0v) is 18.1. The van der Waals surface area contributed by atoms with Gasteiger partial charge in [0, 0.05) is 31.1 Å². The van der Waals surface area contributed by atoms with Crippen LogP contribution in [0.2, 0.25) is 0 Å². The Hall–Kier alpha value is -1.94. The van der Waals surface area contributed by atoms with Gasteiger partial charge in [-0.1, -0.05) is 25.9 Å². The van der Waals surface area contributed by atoms with Gasteiger partial charge in [0.15, 0.2) is 15.7 Å². The van der Waals surface area contributed by atoms with E-state index in [-0.39, 0.29) is 35.3 Å². The van der Waals surface area contributed by atoms with Crippen molar-refractivity contribution in [3.8, 4) is 0 Å². The molecule has 1 aromatic rings. The molecule has 3 rings (SSSR count). The van der Waals surface area contributed by atoms with Gasteiger partial charge in [-0.3, -0.25) is 14.5 Å². The second kappa shape index (κ2) is 8.43. The van der Waals surface area contributed by atoms with Crippen molar-refractivity contribution in [1.29, 1.82) is 0 Å². The Morgan fingerprint density at radius 1 is 1.21 bits per heavy atom. The summed E-state index contributed by atoms with van der Waals surface area (Å²) in [5.74, 6) is 0.759. The molecule has 0 aliphatic carbocycles. The molecule has 29 heavy (non-hydrogen) atoms. The molecule has 0 bridgehead atoms. The van der Waals surface area contributed by atoms with Gasteiger partial charge in [0.05, 0.1) is 18.1 Å². The topological polar surface area (TPSA) is 113 Å². The number of carbonyl (C=O) groups is 2. The van der Waals surface area contributed by atoms with Gasteiger partial charge < -0.3 is 14.7 Å². The molecule has 0 radical (unpaired) electrons. The minimum Gasteiger partial charge on any atom is -0.359 e. The van der Waals surface area contributed by atoms with Gasteiger partial charge >= 0.3 is 0 Å². The lowest BCUT2D eigenvalue weighted by molar-refractivity contribution is -0.141. The van der Waals surface area contributed by atoms with E-state index >= 15 is 0 Å². The zero-order valence-electron chi connectivity index (χ0n) is 17.3. The summed E-state index contributed by atoms with van der Waals surface area (Å²) in [6.45, 7) is 7.35. The van der Waals surface area contributed by atoms with Gasteiger partial charge in [0.1, 0.15) is 11.8 Å². The lowest BCUT2D eigenvalue weighted by Crippen LogP contribution is -2.54. The fourth-order valence-corrected chi connectivity index (χ4v) is 4.87.